The first-order valence-corrected chi connectivity index (χ1v) is 10.6. The van der Waals surface area contributed by atoms with E-state index in [2.05, 4.69) is 0 Å². The predicted octanol–water partition coefficient (Wildman–Crippen LogP) is 2.13. The van der Waals surface area contributed by atoms with Gasteiger partial charge in [-0.2, -0.15) is 0 Å². The van der Waals surface area contributed by atoms with Crippen molar-refractivity contribution in [3.63, 3.8) is 0 Å². The molecule has 7 heteroatoms. The molecule has 1 aromatic rings. The zero-order valence-electron chi connectivity index (χ0n) is 15.8. The number of rotatable bonds is 6. The van der Waals surface area contributed by atoms with E-state index in [1.54, 1.807) is 17.0 Å². The van der Waals surface area contributed by atoms with Gasteiger partial charge in [0.05, 0.1) is 17.1 Å². The van der Waals surface area contributed by atoms with E-state index in [1.807, 2.05) is 33.8 Å². The van der Waals surface area contributed by atoms with Crippen molar-refractivity contribution in [1.82, 2.24) is 4.90 Å². The van der Waals surface area contributed by atoms with Crippen LogP contribution in [0.2, 0.25) is 0 Å². The number of carbonyl (C=O) groups excluding carboxylic acids is 2. The minimum atomic E-state index is -3.10. The number of nitrogens with zero attached hydrogens (tertiary/aromatic N) is 1. The van der Waals surface area contributed by atoms with Crippen molar-refractivity contribution in [2.24, 2.45) is 5.92 Å². The van der Waals surface area contributed by atoms with Crippen LogP contribution in [-0.4, -0.2) is 55.9 Å². The number of ether oxygens (including phenoxy) is 1. The van der Waals surface area contributed by atoms with Crippen molar-refractivity contribution >= 4 is 21.7 Å². The first-order chi connectivity index (χ1) is 12.1. The van der Waals surface area contributed by atoms with Gasteiger partial charge in [-0.15, -0.1) is 0 Å². The van der Waals surface area contributed by atoms with Gasteiger partial charge in [-0.05, 0) is 38.3 Å². The van der Waals surface area contributed by atoms with Gasteiger partial charge in [0.15, 0.2) is 16.4 Å². The number of sulfone groups is 1. The highest BCUT2D eigenvalue weighted by Crippen LogP contribution is 2.19. The Bertz CT molecular complexity index is 765. The summed E-state index contributed by atoms with van der Waals surface area (Å²) in [6.07, 6.45) is 0.436. The average Bonchev–Trinajstić information content (AvgIpc) is 2.88. The van der Waals surface area contributed by atoms with Crippen LogP contribution in [0.15, 0.2) is 18.2 Å². The Morgan fingerprint density at radius 2 is 1.81 bits per heavy atom. The fraction of sp³-hybridized carbons (Fsp3) is 0.579. The fourth-order valence-electron chi connectivity index (χ4n) is 3.26. The molecule has 2 rings (SSSR count). The van der Waals surface area contributed by atoms with Crippen LogP contribution in [0.3, 0.4) is 0 Å². The lowest BCUT2D eigenvalue weighted by atomic mass is 10.1. The van der Waals surface area contributed by atoms with Crippen LogP contribution < -0.4 is 0 Å². The lowest BCUT2D eigenvalue weighted by Crippen LogP contribution is -2.45. The summed E-state index contributed by atoms with van der Waals surface area (Å²) in [5.41, 5.74) is 2.30. The molecule has 0 saturated carbocycles. The molecule has 1 saturated heterocycles. The highest BCUT2D eigenvalue weighted by molar-refractivity contribution is 7.91. The van der Waals surface area contributed by atoms with Crippen molar-refractivity contribution in [2.75, 3.05) is 24.7 Å². The van der Waals surface area contributed by atoms with Gasteiger partial charge in [0.1, 0.15) is 0 Å². The van der Waals surface area contributed by atoms with Crippen LogP contribution in [0.25, 0.3) is 0 Å². The molecule has 1 heterocycles. The van der Waals surface area contributed by atoms with Crippen LogP contribution in [0.5, 0.6) is 0 Å². The molecule has 0 radical (unpaired) electrons. The van der Waals surface area contributed by atoms with Crippen LogP contribution >= 0.6 is 0 Å². The predicted molar refractivity (Wildman–Crippen MR) is 99.8 cm³/mol. The molecule has 1 aliphatic rings. The quantitative estimate of drug-likeness (QED) is 0.705. The molecule has 26 heavy (non-hydrogen) atoms. The smallest absolute Gasteiger partial charge is 0.338 e. The van der Waals surface area contributed by atoms with Crippen molar-refractivity contribution in [2.45, 2.75) is 40.2 Å². The summed E-state index contributed by atoms with van der Waals surface area (Å²) in [5.74, 6) is -0.622. The number of hydrogen-bond acceptors (Lipinski definition) is 5. The first kappa shape index (κ1) is 20.4. The maximum atomic E-state index is 12.6. The normalized spacial score (nSPS) is 18.7. The second kappa shape index (κ2) is 8.20. The van der Waals surface area contributed by atoms with Gasteiger partial charge < -0.3 is 9.64 Å². The maximum Gasteiger partial charge on any atom is 0.338 e. The second-order valence-corrected chi connectivity index (χ2v) is 9.68. The van der Waals surface area contributed by atoms with Gasteiger partial charge in [-0.1, -0.05) is 31.0 Å². The van der Waals surface area contributed by atoms with E-state index in [-0.39, 0.29) is 36.0 Å². The summed E-state index contributed by atoms with van der Waals surface area (Å²) in [6, 6.07) is 5.05. The Hall–Kier alpha value is -1.89. The molecule has 1 amide bonds. The molecule has 0 unspecified atom stereocenters. The topological polar surface area (TPSA) is 80.8 Å². The lowest BCUT2D eigenvalue weighted by Gasteiger charge is -2.29. The van der Waals surface area contributed by atoms with E-state index >= 15 is 0 Å². The number of aryl methyl sites for hydroxylation is 2. The van der Waals surface area contributed by atoms with Gasteiger partial charge in [0.25, 0.3) is 5.91 Å². The van der Waals surface area contributed by atoms with E-state index in [0.29, 0.717) is 18.5 Å². The number of carbonyl (C=O) groups is 2. The average molecular weight is 381 g/mol. The third-order valence-electron chi connectivity index (χ3n) is 4.32. The monoisotopic (exact) mass is 381 g/mol. The third-order valence-corrected chi connectivity index (χ3v) is 6.07. The fourth-order valence-corrected chi connectivity index (χ4v) is 4.99. The molecule has 0 aromatic heterocycles. The molecule has 0 aliphatic carbocycles. The Kier molecular flexibility index (Phi) is 6.44. The van der Waals surface area contributed by atoms with Gasteiger partial charge >= 0.3 is 5.97 Å². The summed E-state index contributed by atoms with van der Waals surface area (Å²) in [5, 5.41) is 0. The molecular weight excluding hydrogens is 354 g/mol. The van der Waals surface area contributed by atoms with E-state index in [4.69, 9.17) is 4.74 Å². The van der Waals surface area contributed by atoms with Crippen LogP contribution in [0, 0.1) is 19.8 Å². The molecule has 1 fully saturated rings. The van der Waals surface area contributed by atoms with Crippen molar-refractivity contribution < 1.29 is 22.7 Å². The SMILES string of the molecule is Cc1cc(C)cc(C(=O)OCC(=O)N(CC(C)C)[C@H]2CCS(=O)(=O)C2)c1. The second-order valence-electron chi connectivity index (χ2n) is 7.45. The van der Waals surface area contributed by atoms with Gasteiger partial charge in [-0.3, -0.25) is 4.79 Å². The van der Waals surface area contributed by atoms with E-state index in [9.17, 15) is 18.0 Å². The Balaban J connectivity index is 2.03. The molecule has 1 aromatic carbocycles. The van der Waals surface area contributed by atoms with Gasteiger partial charge in [0.2, 0.25) is 0 Å². The third kappa shape index (κ3) is 5.56. The lowest BCUT2D eigenvalue weighted by molar-refractivity contribution is -0.137. The Morgan fingerprint density at radius 1 is 1.19 bits per heavy atom. The minimum Gasteiger partial charge on any atom is -0.452 e. The van der Waals surface area contributed by atoms with Gasteiger partial charge in [0, 0.05) is 12.6 Å². The van der Waals surface area contributed by atoms with Crippen LogP contribution in [-0.2, 0) is 19.4 Å². The number of esters is 1. The highest BCUT2D eigenvalue weighted by atomic mass is 32.2. The molecule has 6 nitrogen and oxygen atoms in total. The van der Waals surface area contributed by atoms with E-state index in [1.165, 1.54) is 0 Å². The number of hydrogen-bond donors (Lipinski definition) is 0. The summed E-state index contributed by atoms with van der Waals surface area (Å²) in [6.45, 7) is 7.77. The van der Waals surface area contributed by atoms with Crippen molar-refractivity contribution in [3.8, 4) is 0 Å². The highest BCUT2D eigenvalue weighted by Gasteiger charge is 2.35. The molecule has 144 valence electrons. The largest absolute Gasteiger partial charge is 0.452 e. The zero-order valence-corrected chi connectivity index (χ0v) is 16.6. The summed E-state index contributed by atoms with van der Waals surface area (Å²) >= 11 is 0. The minimum absolute atomic E-state index is 0.0174. The molecular formula is C19H27NO5S. The van der Waals surface area contributed by atoms with Gasteiger partial charge in [-0.25, -0.2) is 13.2 Å². The molecule has 0 bridgehead atoms. The molecule has 0 spiro atoms. The van der Waals surface area contributed by atoms with Crippen molar-refractivity contribution in [1.29, 1.82) is 0 Å². The summed E-state index contributed by atoms with van der Waals surface area (Å²) in [7, 11) is -3.10. The summed E-state index contributed by atoms with van der Waals surface area (Å²) in [4.78, 5) is 26.4. The molecule has 0 N–H and O–H groups in total. The first-order valence-electron chi connectivity index (χ1n) is 8.82. The molecule has 1 aliphatic heterocycles. The number of amides is 1. The Labute approximate surface area is 155 Å². The van der Waals surface area contributed by atoms with E-state index in [0.717, 1.165) is 11.1 Å². The summed E-state index contributed by atoms with van der Waals surface area (Å²) < 4.78 is 28.7. The van der Waals surface area contributed by atoms with E-state index < -0.39 is 15.8 Å². The standard InChI is InChI=1S/C19H27NO5S/c1-13(2)10-20(17-5-6-26(23,24)12-17)18(21)11-25-19(22)16-8-14(3)7-15(4)9-16/h7-9,13,17H,5-6,10-12H2,1-4H3/t17-/m0/s1. The maximum absolute atomic E-state index is 12.6. The van der Waals surface area contributed by atoms with Crippen LogP contribution in [0.1, 0.15) is 41.8 Å². The number of benzene rings is 1. The van der Waals surface area contributed by atoms with Crippen molar-refractivity contribution in [3.05, 3.63) is 34.9 Å². The Morgan fingerprint density at radius 3 is 2.31 bits per heavy atom. The zero-order chi connectivity index (χ0) is 19.5. The van der Waals surface area contributed by atoms with Crippen LogP contribution in [0.4, 0.5) is 0 Å². The molecule has 1 atom stereocenters.